The number of aromatic hydroxyl groups is 1. The monoisotopic (exact) mass is 459 g/mol. The zero-order chi connectivity index (χ0) is 23.6. The maximum atomic E-state index is 13.1. The van der Waals surface area contributed by atoms with Crippen LogP contribution in [0.25, 0.3) is 22.2 Å². The number of fused-ring (bicyclic) bond motifs is 7. The lowest BCUT2D eigenvalue weighted by molar-refractivity contribution is -0.147. The Kier molecular flexibility index (Phi) is 4.77. The summed E-state index contributed by atoms with van der Waals surface area (Å²) in [5.74, 6) is -0.0823. The third-order valence-corrected chi connectivity index (χ3v) is 8.33. The topological polar surface area (TPSA) is 77.8 Å². The number of hydrogen-bond donors (Lipinski definition) is 1. The predicted octanol–water partition coefficient (Wildman–Crippen LogP) is 5.51. The molecule has 6 rings (SSSR count). The second kappa shape index (κ2) is 7.62. The standard InChI is InChI=1S/C28H29NO5/c1-33-26(31)17-11-12-18-21(13-17)29-15-28(27(32)34-2)14-20(28)24-19(9-6-10-22(24)30)25(29)23(18)16-7-4-3-5-8-16/h6,9-13,16,20,30H,3-5,7-8,14-15H2,1-2H3. The van der Waals surface area contributed by atoms with Crippen LogP contribution in [0.4, 0.5) is 0 Å². The van der Waals surface area contributed by atoms with Crippen LogP contribution in [0.2, 0.25) is 0 Å². The van der Waals surface area contributed by atoms with Crippen molar-refractivity contribution in [3.05, 3.63) is 53.1 Å². The molecule has 1 aliphatic heterocycles. The van der Waals surface area contributed by atoms with Gasteiger partial charge in [-0.15, -0.1) is 0 Å². The van der Waals surface area contributed by atoms with Crippen molar-refractivity contribution in [1.82, 2.24) is 4.57 Å². The minimum Gasteiger partial charge on any atom is -0.508 e. The summed E-state index contributed by atoms with van der Waals surface area (Å²) in [6.07, 6.45) is 6.51. The number of carbonyl (C=O) groups excluding carboxylic acids is 2. The van der Waals surface area contributed by atoms with Gasteiger partial charge in [-0.25, -0.2) is 4.79 Å². The molecule has 2 atom stereocenters. The van der Waals surface area contributed by atoms with E-state index in [9.17, 15) is 14.7 Å². The Balaban J connectivity index is 1.70. The summed E-state index contributed by atoms with van der Waals surface area (Å²) in [5, 5.41) is 12.1. The molecule has 0 spiro atoms. The van der Waals surface area contributed by atoms with Crippen molar-refractivity contribution in [3.63, 3.8) is 0 Å². The van der Waals surface area contributed by atoms with Crippen molar-refractivity contribution in [3.8, 4) is 17.0 Å². The zero-order valence-electron chi connectivity index (χ0n) is 19.6. The second-order valence-corrected chi connectivity index (χ2v) is 10.0. The lowest BCUT2D eigenvalue weighted by Crippen LogP contribution is -2.24. The Labute approximate surface area is 198 Å². The molecule has 2 fully saturated rings. The SMILES string of the molecule is COC(=O)c1ccc2c(C3CCCCC3)c3n(c2c1)CC1(C(=O)OC)CC1c1c(O)cccc1-3. The summed E-state index contributed by atoms with van der Waals surface area (Å²) >= 11 is 0. The normalized spacial score (nSPS) is 23.4. The van der Waals surface area contributed by atoms with Crippen molar-refractivity contribution in [2.24, 2.45) is 5.41 Å². The Bertz CT molecular complexity index is 1330. The molecule has 2 aliphatic carbocycles. The average molecular weight is 460 g/mol. The Morgan fingerprint density at radius 3 is 2.56 bits per heavy atom. The van der Waals surface area contributed by atoms with E-state index in [0.717, 1.165) is 40.6 Å². The van der Waals surface area contributed by atoms with E-state index >= 15 is 0 Å². The van der Waals surface area contributed by atoms with Crippen molar-refractivity contribution in [1.29, 1.82) is 0 Å². The first-order chi connectivity index (χ1) is 16.5. The fourth-order valence-electron chi connectivity index (χ4n) is 6.64. The fourth-order valence-corrected chi connectivity index (χ4v) is 6.64. The summed E-state index contributed by atoms with van der Waals surface area (Å²) in [4.78, 5) is 25.5. The molecule has 2 unspecified atom stereocenters. The molecule has 3 aromatic rings. The summed E-state index contributed by atoms with van der Waals surface area (Å²) < 4.78 is 12.5. The minimum atomic E-state index is -0.718. The summed E-state index contributed by atoms with van der Waals surface area (Å²) in [5.41, 5.74) is 4.90. The largest absolute Gasteiger partial charge is 0.508 e. The number of aromatic nitrogens is 1. The number of carbonyl (C=O) groups is 2. The van der Waals surface area contributed by atoms with Crippen LogP contribution in [0.1, 0.15) is 71.8 Å². The minimum absolute atomic E-state index is 0.0888. The molecule has 1 N–H and O–H groups in total. The number of benzene rings is 2. The van der Waals surface area contributed by atoms with E-state index in [1.54, 1.807) is 6.07 Å². The summed E-state index contributed by atoms with van der Waals surface area (Å²) in [7, 11) is 2.82. The van der Waals surface area contributed by atoms with Crippen LogP contribution in [-0.4, -0.2) is 35.8 Å². The lowest BCUT2D eigenvalue weighted by Gasteiger charge is -2.24. The smallest absolute Gasteiger partial charge is 0.337 e. The van der Waals surface area contributed by atoms with E-state index in [2.05, 4.69) is 10.6 Å². The number of ether oxygens (including phenoxy) is 2. The predicted molar refractivity (Wildman–Crippen MR) is 128 cm³/mol. The van der Waals surface area contributed by atoms with Crippen molar-refractivity contribution in [2.75, 3.05) is 14.2 Å². The first-order valence-electron chi connectivity index (χ1n) is 12.1. The summed E-state index contributed by atoms with van der Waals surface area (Å²) in [6.45, 7) is 0.460. The maximum Gasteiger partial charge on any atom is 0.337 e. The van der Waals surface area contributed by atoms with E-state index in [0.29, 0.717) is 24.4 Å². The molecular weight excluding hydrogens is 430 g/mol. The van der Waals surface area contributed by atoms with Gasteiger partial charge in [0.2, 0.25) is 0 Å². The van der Waals surface area contributed by atoms with Gasteiger partial charge in [-0.1, -0.05) is 37.5 Å². The highest BCUT2D eigenvalue weighted by molar-refractivity contribution is 6.00. The van der Waals surface area contributed by atoms with E-state index in [1.165, 1.54) is 39.0 Å². The highest BCUT2D eigenvalue weighted by atomic mass is 16.5. The van der Waals surface area contributed by atoms with Crippen LogP contribution < -0.4 is 0 Å². The number of nitrogens with zero attached hydrogens (tertiary/aromatic N) is 1. The van der Waals surface area contributed by atoms with Gasteiger partial charge in [0.05, 0.1) is 30.9 Å². The zero-order valence-corrected chi connectivity index (χ0v) is 19.6. The molecule has 2 saturated carbocycles. The Hall–Kier alpha value is -3.28. The summed E-state index contributed by atoms with van der Waals surface area (Å²) in [6, 6.07) is 11.4. The second-order valence-electron chi connectivity index (χ2n) is 10.0. The van der Waals surface area contributed by atoms with Crippen molar-refractivity contribution in [2.45, 2.75) is 56.9 Å². The molecule has 0 bridgehead atoms. The van der Waals surface area contributed by atoms with Gasteiger partial charge in [-0.3, -0.25) is 4.79 Å². The third kappa shape index (κ3) is 2.87. The lowest BCUT2D eigenvalue weighted by atomic mass is 9.81. The van der Waals surface area contributed by atoms with Crippen LogP contribution in [0.5, 0.6) is 5.75 Å². The number of methoxy groups -OCH3 is 2. The molecule has 2 aromatic carbocycles. The Morgan fingerprint density at radius 1 is 1.03 bits per heavy atom. The van der Waals surface area contributed by atoms with E-state index < -0.39 is 5.41 Å². The van der Waals surface area contributed by atoms with Crippen molar-refractivity contribution < 1.29 is 24.2 Å². The first-order valence-corrected chi connectivity index (χ1v) is 12.1. The van der Waals surface area contributed by atoms with Gasteiger partial charge in [-0.05, 0) is 48.9 Å². The van der Waals surface area contributed by atoms with Crippen LogP contribution in [-0.2, 0) is 20.8 Å². The number of hydrogen-bond acceptors (Lipinski definition) is 5. The molecule has 0 saturated heterocycles. The van der Waals surface area contributed by atoms with E-state index in [-0.39, 0.29) is 23.6 Å². The van der Waals surface area contributed by atoms with Gasteiger partial charge in [0.25, 0.3) is 0 Å². The van der Waals surface area contributed by atoms with Gasteiger partial charge in [0.1, 0.15) is 5.75 Å². The molecule has 6 nitrogen and oxygen atoms in total. The quantitative estimate of drug-likeness (QED) is 0.523. The highest BCUT2D eigenvalue weighted by Gasteiger charge is 2.64. The molecule has 0 amide bonds. The number of phenols is 1. The van der Waals surface area contributed by atoms with Gasteiger partial charge in [0, 0.05) is 34.5 Å². The van der Waals surface area contributed by atoms with Crippen LogP contribution in [0.3, 0.4) is 0 Å². The van der Waals surface area contributed by atoms with Gasteiger partial charge in [0.15, 0.2) is 0 Å². The van der Waals surface area contributed by atoms with Gasteiger partial charge >= 0.3 is 11.9 Å². The van der Waals surface area contributed by atoms with Crippen molar-refractivity contribution >= 4 is 22.8 Å². The number of phenolic OH excluding ortho intramolecular Hbond substituents is 1. The molecule has 6 heteroatoms. The molecule has 34 heavy (non-hydrogen) atoms. The molecule has 176 valence electrons. The third-order valence-electron chi connectivity index (χ3n) is 8.33. The molecule has 0 radical (unpaired) electrons. The van der Waals surface area contributed by atoms with Gasteiger partial charge in [-0.2, -0.15) is 0 Å². The van der Waals surface area contributed by atoms with E-state index in [4.69, 9.17) is 9.47 Å². The fraction of sp³-hybridized carbons (Fsp3) is 0.429. The molecule has 2 heterocycles. The van der Waals surface area contributed by atoms with E-state index in [1.807, 2.05) is 24.3 Å². The highest BCUT2D eigenvalue weighted by Crippen LogP contribution is 2.67. The first kappa shape index (κ1) is 21.3. The molecular formula is C28H29NO5. The maximum absolute atomic E-state index is 13.1. The molecule has 3 aliphatic rings. The van der Waals surface area contributed by atoms with Crippen LogP contribution in [0.15, 0.2) is 36.4 Å². The molecule has 1 aromatic heterocycles. The van der Waals surface area contributed by atoms with Crippen LogP contribution >= 0.6 is 0 Å². The Morgan fingerprint density at radius 2 is 1.82 bits per heavy atom. The number of esters is 2. The van der Waals surface area contributed by atoms with Gasteiger partial charge < -0.3 is 19.1 Å². The van der Waals surface area contributed by atoms with Crippen LogP contribution in [0, 0.1) is 5.41 Å². The average Bonchev–Trinajstić information content (AvgIpc) is 3.52. The number of rotatable bonds is 3.